The lowest BCUT2D eigenvalue weighted by Crippen LogP contribution is -2.11. The number of nitrogens with zero attached hydrogens (tertiary/aromatic N) is 3. The monoisotopic (exact) mass is 298 g/mol. The topological polar surface area (TPSA) is 90.4 Å². The van der Waals surface area contributed by atoms with Crippen LogP contribution in [0.3, 0.4) is 0 Å². The van der Waals surface area contributed by atoms with Gasteiger partial charge >= 0.3 is 0 Å². The van der Waals surface area contributed by atoms with Crippen LogP contribution in [-0.2, 0) is 10.0 Å². The number of primary sulfonamides is 1. The minimum atomic E-state index is -3.75. The summed E-state index contributed by atoms with van der Waals surface area (Å²) in [5.41, 5.74) is 2.34. The largest absolute Gasteiger partial charge is 0.238 e. The lowest BCUT2D eigenvalue weighted by Gasteiger charge is -2.00. The molecule has 0 aliphatic carbocycles. The van der Waals surface area contributed by atoms with Crippen molar-refractivity contribution in [3.63, 3.8) is 0 Å². The molecule has 2 aromatic carbocycles. The first kappa shape index (κ1) is 12.2. The Labute approximate surface area is 119 Å². The first-order chi connectivity index (χ1) is 10.0. The van der Waals surface area contributed by atoms with Gasteiger partial charge in [-0.05, 0) is 24.3 Å². The van der Waals surface area contributed by atoms with Crippen molar-refractivity contribution in [1.29, 1.82) is 0 Å². The molecule has 2 aromatic heterocycles. The van der Waals surface area contributed by atoms with Gasteiger partial charge in [-0.2, -0.15) is 5.10 Å². The van der Waals surface area contributed by atoms with E-state index >= 15 is 0 Å². The Balaban J connectivity index is 2.25. The molecular weight excluding hydrogens is 288 g/mol. The van der Waals surface area contributed by atoms with Crippen LogP contribution in [0.2, 0.25) is 0 Å². The Hall–Kier alpha value is -2.51. The summed E-state index contributed by atoms with van der Waals surface area (Å²) in [7, 11) is -3.75. The smallest absolute Gasteiger partial charge is 0.236 e. The number of nitrogens with two attached hydrogens (primary N) is 1. The Kier molecular flexibility index (Phi) is 2.33. The molecule has 2 N–H and O–H groups in total. The number of rotatable bonds is 1. The molecule has 6 nitrogen and oxygen atoms in total. The second kappa shape index (κ2) is 4.00. The first-order valence-electron chi connectivity index (χ1n) is 6.23. The van der Waals surface area contributed by atoms with Crippen LogP contribution in [0.4, 0.5) is 0 Å². The molecule has 0 radical (unpaired) electrons. The van der Waals surface area contributed by atoms with Crippen LogP contribution in [0.5, 0.6) is 0 Å². The zero-order valence-electron chi connectivity index (χ0n) is 10.8. The number of aromatic nitrogens is 3. The van der Waals surface area contributed by atoms with E-state index in [1.54, 1.807) is 23.0 Å². The summed E-state index contributed by atoms with van der Waals surface area (Å²) in [4.78, 5) is 4.41. The van der Waals surface area contributed by atoms with Crippen LogP contribution in [0.25, 0.3) is 27.3 Å². The molecule has 2 heterocycles. The zero-order valence-corrected chi connectivity index (χ0v) is 11.6. The predicted molar refractivity (Wildman–Crippen MR) is 79.4 cm³/mol. The molecule has 4 aromatic rings. The van der Waals surface area contributed by atoms with Crippen LogP contribution in [-0.4, -0.2) is 23.0 Å². The maximum Gasteiger partial charge on any atom is 0.238 e. The highest BCUT2D eigenvalue weighted by Crippen LogP contribution is 2.27. The molecule has 0 saturated carbocycles. The fraction of sp³-hybridized carbons (Fsp3) is 0. The molecule has 21 heavy (non-hydrogen) atoms. The second-order valence-electron chi connectivity index (χ2n) is 4.78. The molecule has 0 bridgehead atoms. The van der Waals surface area contributed by atoms with Gasteiger partial charge in [-0.1, -0.05) is 18.2 Å². The minimum absolute atomic E-state index is 0.0748. The molecule has 0 spiro atoms. The third-order valence-corrected chi connectivity index (χ3v) is 4.37. The number of sulfonamides is 1. The minimum Gasteiger partial charge on any atom is -0.236 e. The summed E-state index contributed by atoms with van der Waals surface area (Å²) in [6.45, 7) is 0. The van der Waals surface area contributed by atoms with E-state index < -0.39 is 10.0 Å². The van der Waals surface area contributed by atoms with Gasteiger partial charge in [0.05, 0.1) is 21.4 Å². The Bertz CT molecular complexity index is 1120. The quantitative estimate of drug-likeness (QED) is 0.579. The van der Waals surface area contributed by atoms with Crippen molar-refractivity contribution < 1.29 is 8.42 Å². The molecule has 0 fully saturated rings. The summed E-state index contributed by atoms with van der Waals surface area (Å²) in [6, 6.07) is 12.3. The molecule has 0 amide bonds. The number of para-hydroxylation sites is 1. The van der Waals surface area contributed by atoms with Gasteiger partial charge in [0.2, 0.25) is 10.0 Å². The Morgan fingerprint density at radius 3 is 2.62 bits per heavy atom. The molecule has 0 atom stereocenters. The highest BCUT2D eigenvalue weighted by Gasteiger charge is 2.13. The predicted octanol–water partition coefficient (Wildman–Crippen LogP) is 1.68. The van der Waals surface area contributed by atoms with E-state index in [0.29, 0.717) is 5.52 Å². The average molecular weight is 298 g/mol. The van der Waals surface area contributed by atoms with Crippen molar-refractivity contribution in [2.45, 2.75) is 4.90 Å². The summed E-state index contributed by atoms with van der Waals surface area (Å²) in [6.07, 6.45) is 1.62. The van der Waals surface area contributed by atoms with Gasteiger partial charge in [0.25, 0.3) is 0 Å². The fourth-order valence-corrected chi connectivity index (χ4v) is 3.05. The van der Waals surface area contributed by atoms with Crippen LogP contribution in [0, 0.1) is 0 Å². The number of benzene rings is 2. The van der Waals surface area contributed by atoms with Crippen molar-refractivity contribution in [3.8, 4) is 0 Å². The normalized spacial score (nSPS) is 12.4. The number of hydrogen-bond donors (Lipinski definition) is 1. The van der Waals surface area contributed by atoms with Gasteiger partial charge < -0.3 is 0 Å². The van der Waals surface area contributed by atoms with Gasteiger partial charge in [0, 0.05) is 10.8 Å². The van der Waals surface area contributed by atoms with Gasteiger partial charge in [-0.15, -0.1) is 0 Å². The molecule has 104 valence electrons. The van der Waals surface area contributed by atoms with Gasteiger partial charge in [-0.3, -0.25) is 0 Å². The third-order valence-electron chi connectivity index (χ3n) is 3.46. The highest BCUT2D eigenvalue weighted by molar-refractivity contribution is 7.89. The van der Waals surface area contributed by atoms with E-state index in [-0.39, 0.29) is 4.90 Å². The first-order valence-corrected chi connectivity index (χ1v) is 7.77. The van der Waals surface area contributed by atoms with E-state index in [1.807, 2.05) is 24.3 Å². The molecular formula is C14H10N4O2S. The van der Waals surface area contributed by atoms with Gasteiger partial charge in [0.15, 0.2) is 0 Å². The molecule has 0 saturated heterocycles. The molecule has 0 unspecified atom stereocenters. The van der Waals surface area contributed by atoms with Crippen LogP contribution in [0.15, 0.2) is 53.7 Å². The maximum atomic E-state index is 11.5. The maximum absolute atomic E-state index is 11.5. The molecule has 0 aliphatic heterocycles. The third kappa shape index (κ3) is 1.78. The van der Waals surface area contributed by atoms with E-state index in [4.69, 9.17) is 5.14 Å². The fourth-order valence-electron chi connectivity index (χ4n) is 2.51. The molecule has 4 rings (SSSR count). The van der Waals surface area contributed by atoms with Gasteiger partial charge in [-0.25, -0.2) is 23.1 Å². The van der Waals surface area contributed by atoms with Crippen LogP contribution in [0.1, 0.15) is 0 Å². The summed E-state index contributed by atoms with van der Waals surface area (Å²) >= 11 is 0. The number of hydrogen-bond acceptors (Lipinski definition) is 4. The Morgan fingerprint density at radius 2 is 1.81 bits per heavy atom. The van der Waals surface area contributed by atoms with Crippen molar-refractivity contribution in [2.24, 2.45) is 5.14 Å². The van der Waals surface area contributed by atoms with Crippen LogP contribution < -0.4 is 5.14 Å². The lowest BCUT2D eigenvalue weighted by molar-refractivity contribution is 0.598. The van der Waals surface area contributed by atoms with Crippen molar-refractivity contribution in [2.75, 3.05) is 0 Å². The van der Waals surface area contributed by atoms with Crippen molar-refractivity contribution in [3.05, 3.63) is 48.8 Å². The average Bonchev–Trinajstić information content (AvgIpc) is 2.84. The Morgan fingerprint density at radius 1 is 1.00 bits per heavy atom. The summed E-state index contributed by atoms with van der Waals surface area (Å²) in [5.74, 6) is 0. The molecule has 7 heteroatoms. The van der Waals surface area contributed by atoms with Crippen LogP contribution >= 0.6 is 0 Å². The summed E-state index contributed by atoms with van der Waals surface area (Å²) < 4.78 is 24.7. The highest BCUT2D eigenvalue weighted by atomic mass is 32.2. The SMILES string of the molecule is NS(=O)(=O)c1ccc2nn3cnc4ccccc4c3c2c1. The lowest BCUT2D eigenvalue weighted by atomic mass is 10.1. The van der Waals surface area contributed by atoms with Crippen molar-refractivity contribution >= 4 is 37.3 Å². The molecule has 0 aliphatic rings. The standard InChI is InChI=1S/C14H10N4O2S/c15-21(19,20)9-5-6-13-11(7-9)14-10-3-1-2-4-12(10)16-8-18(14)17-13/h1-8H,(H2,15,19,20). The van der Waals surface area contributed by atoms with E-state index in [9.17, 15) is 8.42 Å². The van der Waals surface area contributed by atoms with E-state index in [1.165, 1.54) is 6.07 Å². The van der Waals surface area contributed by atoms with Gasteiger partial charge in [0.1, 0.15) is 6.33 Å². The summed E-state index contributed by atoms with van der Waals surface area (Å²) in [5, 5.41) is 11.3. The number of fused-ring (bicyclic) bond motifs is 5. The second-order valence-corrected chi connectivity index (χ2v) is 6.34. The van der Waals surface area contributed by atoms with E-state index in [0.717, 1.165) is 21.8 Å². The zero-order chi connectivity index (χ0) is 14.6. The van der Waals surface area contributed by atoms with Crippen molar-refractivity contribution in [1.82, 2.24) is 14.6 Å². The van der Waals surface area contributed by atoms with E-state index in [2.05, 4.69) is 10.1 Å².